The Bertz CT molecular complexity index is 1160. The number of carbonyl (C=O) groups is 1. The van der Waals surface area contributed by atoms with E-state index in [-0.39, 0.29) is 43.9 Å². The molecule has 0 amide bonds. The molecule has 10 radical (unpaired) electrons. The smallest absolute Gasteiger partial charge is 0.833 e. The van der Waals surface area contributed by atoms with Crippen LogP contribution in [-0.4, -0.2) is 22.5 Å². The summed E-state index contributed by atoms with van der Waals surface area (Å²) < 4.78 is 0. The van der Waals surface area contributed by atoms with E-state index in [2.05, 4.69) is 173 Å². The summed E-state index contributed by atoms with van der Waals surface area (Å²) in [6, 6.07) is 43.1. The van der Waals surface area contributed by atoms with Gasteiger partial charge in [-0.1, -0.05) is 121 Å². The Morgan fingerprint density at radius 1 is 0.587 bits per heavy atom. The van der Waals surface area contributed by atoms with Crippen LogP contribution in [-0.2, 0) is 42.3 Å². The summed E-state index contributed by atoms with van der Waals surface area (Å²) in [5.41, 5.74) is 2.84. The second-order valence-corrected chi connectivity index (χ2v) is 14.0. The molecule has 2 aliphatic carbocycles. The average Bonchev–Trinajstić information content (AvgIpc) is 3.79. The van der Waals surface area contributed by atoms with Gasteiger partial charge in [-0.25, -0.2) is 0 Å². The van der Waals surface area contributed by atoms with Crippen LogP contribution >= 0.6 is 15.8 Å². The van der Waals surface area contributed by atoms with Crippen LogP contribution in [0.2, 0.25) is 0 Å². The zero-order valence-corrected chi connectivity index (χ0v) is 29.3. The predicted octanol–water partition coefficient (Wildman–Crippen LogP) is 5.30. The Labute approximate surface area is 302 Å². The Morgan fingerprint density at radius 3 is 1.04 bits per heavy atom. The van der Waals surface area contributed by atoms with E-state index in [1.54, 1.807) is 0 Å². The largest absolute Gasteiger partial charge is 2.00 e. The molecule has 4 aromatic rings. The SMILES string of the molecule is O=C(O)[CH-]CC([O-])O.[CH]1[CH][CH][C](P(c2ccccc2)c2ccccc2)[CH]1.[CH]1[CH][CH][C](P(c2ccccc2)c2ccccc2)[CH]1.[Fe+2].[Pd+2]. The second kappa shape index (κ2) is 22.7. The number of carboxylic acids is 1. The first-order valence-corrected chi connectivity index (χ1v) is 16.8. The number of hydrogen-bond acceptors (Lipinski definition) is 3. The summed E-state index contributed by atoms with van der Waals surface area (Å²) in [5.74, 6) is -1.18. The molecule has 4 aromatic carbocycles. The van der Waals surface area contributed by atoms with E-state index in [9.17, 15) is 9.90 Å². The summed E-state index contributed by atoms with van der Waals surface area (Å²) in [4.78, 5) is 9.60. The fraction of sp³-hybridized carbons (Fsp3) is 0.0526. The van der Waals surface area contributed by atoms with E-state index in [1.807, 2.05) is 0 Å². The molecule has 236 valence electrons. The quantitative estimate of drug-likeness (QED) is 0.105. The maximum atomic E-state index is 9.69. The van der Waals surface area contributed by atoms with Crippen molar-refractivity contribution in [1.29, 1.82) is 0 Å². The first-order chi connectivity index (χ1) is 21.5. The molecule has 0 spiro atoms. The summed E-state index contributed by atoms with van der Waals surface area (Å²) in [5, 5.41) is 31.1. The molecule has 1 atom stereocenters. The van der Waals surface area contributed by atoms with Gasteiger partial charge in [0.15, 0.2) is 5.97 Å². The predicted molar refractivity (Wildman–Crippen MR) is 182 cm³/mol. The molecule has 1 unspecified atom stereocenters. The van der Waals surface area contributed by atoms with Crippen LogP contribution in [0.25, 0.3) is 0 Å². The molecule has 2 N–H and O–H groups in total. The molecule has 8 heteroatoms. The zero-order chi connectivity index (χ0) is 31.0. The third kappa shape index (κ3) is 13.4. The van der Waals surface area contributed by atoms with Crippen LogP contribution < -0.4 is 26.3 Å². The Morgan fingerprint density at radius 2 is 0.848 bits per heavy atom. The van der Waals surface area contributed by atoms with E-state index in [0.717, 1.165) is 6.42 Å². The minimum Gasteiger partial charge on any atom is -0.833 e. The molecule has 2 aliphatic rings. The van der Waals surface area contributed by atoms with E-state index < -0.39 is 28.1 Å². The first-order valence-electron chi connectivity index (χ1n) is 14.2. The third-order valence-corrected chi connectivity index (χ3v) is 11.2. The minimum absolute atomic E-state index is 0. The van der Waals surface area contributed by atoms with E-state index in [4.69, 9.17) is 10.2 Å². The minimum atomic E-state index is -1.80. The molecule has 6 rings (SSSR count). The van der Waals surface area contributed by atoms with Gasteiger partial charge in [0.1, 0.15) is 0 Å². The van der Waals surface area contributed by atoms with Crippen LogP contribution in [0.15, 0.2) is 121 Å². The van der Waals surface area contributed by atoms with E-state index in [0.29, 0.717) is 0 Å². The monoisotopic (exact) mass is 778 g/mol. The number of aliphatic carboxylic acids is 1. The molecule has 0 aliphatic heterocycles. The van der Waals surface area contributed by atoms with Crippen LogP contribution in [0.5, 0.6) is 0 Å². The number of aliphatic hydroxyl groups excluding tert-OH is 1. The molecule has 46 heavy (non-hydrogen) atoms. The van der Waals surface area contributed by atoms with Crippen molar-refractivity contribution < 1.29 is 57.6 Å². The van der Waals surface area contributed by atoms with Gasteiger partial charge < -0.3 is 15.3 Å². The summed E-state index contributed by atoms with van der Waals surface area (Å²) in [6.45, 7) is 0. The van der Waals surface area contributed by atoms with Crippen molar-refractivity contribution in [3.8, 4) is 0 Å². The maximum Gasteiger partial charge on any atom is 2.00 e. The third-order valence-electron chi connectivity index (χ3n) is 6.36. The van der Waals surface area contributed by atoms with Crippen molar-refractivity contribution in [1.82, 2.24) is 0 Å². The zero-order valence-electron chi connectivity index (χ0n) is 24.8. The number of aliphatic hydroxyl groups is 1. The molecular formula is C38H34FeO4P2Pd+2. The molecular weight excluding hydrogens is 745 g/mol. The van der Waals surface area contributed by atoms with Crippen molar-refractivity contribution in [2.45, 2.75) is 12.7 Å². The van der Waals surface area contributed by atoms with Crippen LogP contribution in [0, 0.1) is 69.1 Å². The topological polar surface area (TPSA) is 80.6 Å². The fourth-order valence-electron chi connectivity index (χ4n) is 4.43. The molecule has 0 heterocycles. The van der Waals surface area contributed by atoms with Crippen LogP contribution in [0.3, 0.4) is 0 Å². The van der Waals surface area contributed by atoms with Gasteiger partial charge in [-0.15, -0.1) is 6.42 Å². The molecule has 0 aromatic heterocycles. The summed E-state index contributed by atoms with van der Waals surface area (Å²) in [7, 11) is -0.818. The molecule has 2 fully saturated rings. The number of carboxylic acid groups (broad SMARTS) is 1. The molecule has 2 saturated carbocycles. The van der Waals surface area contributed by atoms with Crippen LogP contribution in [0.4, 0.5) is 0 Å². The van der Waals surface area contributed by atoms with Crippen molar-refractivity contribution >= 4 is 43.0 Å². The maximum absolute atomic E-state index is 9.69. The van der Waals surface area contributed by atoms with Gasteiger partial charge in [0.05, 0.1) is 0 Å². The van der Waals surface area contributed by atoms with Gasteiger partial charge in [-0.2, -0.15) is 0 Å². The average molecular weight is 779 g/mol. The van der Waals surface area contributed by atoms with E-state index >= 15 is 0 Å². The van der Waals surface area contributed by atoms with Crippen molar-refractivity contribution in [2.24, 2.45) is 0 Å². The van der Waals surface area contributed by atoms with Gasteiger partial charge in [0.2, 0.25) is 0 Å². The van der Waals surface area contributed by atoms with Gasteiger partial charge in [-0.05, 0) is 94.7 Å². The summed E-state index contributed by atoms with van der Waals surface area (Å²) >= 11 is 0. The van der Waals surface area contributed by atoms with Crippen molar-refractivity contribution in [3.63, 3.8) is 0 Å². The van der Waals surface area contributed by atoms with Gasteiger partial charge >= 0.3 is 37.5 Å². The molecule has 4 nitrogen and oxygen atoms in total. The van der Waals surface area contributed by atoms with Gasteiger partial charge in [0, 0.05) is 11.3 Å². The second-order valence-electron chi connectivity index (χ2n) is 9.53. The number of rotatable bonds is 9. The van der Waals surface area contributed by atoms with Gasteiger partial charge in [-0.3, -0.25) is 11.2 Å². The molecule has 0 bridgehead atoms. The van der Waals surface area contributed by atoms with Crippen molar-refractivity contribution in [3.05, 3.63) is 190 Å². The summed E-state index contributed by atoms with van der Waals surface area (Å²) in [6.07, 6.45) is 16.0. The number of hydrogen-bond donors (Lipinski definition) is 2. The Kier molecular flexibility index (Phi) is 19.9. The number of benzene rings is 4. The normalized spacial score (nSPS) is 15.0. The first kappa shape index (κ1) is 40.4. The fourth-order valence-corrected chi connectivity index (χ4v) is 9.04. The standard InChI is InChI=1S/2C17H14P.C4H6O4.Fe.Pd/c2*1-3-9-15(10-4-1)18(17-13-7-8-14-17)16-11-5-2-6-12-16;5-3(6)1-2-4(7)8;;/h2*1-14H;1,4,7H,2H2,(H,5,6);;/q;;-2;2*+2. The van der Waals surface area contributed by atoms with Crippen molar-refractivity contribution in [2.75, 3.05) is 0 Å². The Balaban J connectivity index is 0.000000253. The molecule has 0 saturated heterocycles. The van der Waals surface area contributed by atoms with Gasteiger partial charge in [0.25, 0.3) is 0 Å². The van der Waals surface area contributed by atoms with E-state index in [1.165, 1.54) is 32.5 Å². The van der Waals surface area contributed by atoms with Crippen LogP contribution in [0.1, 0.15) is 6.42 Å². The Hall–Kier alpha value is -1.82.